The van der Waals surface area contributed by atoms with E-state index in [9.17, 15) is 4.79 Å². The van der Waals surface area contributed by atoms with Crippen molar-refractivity contribution in [3.8, 4) is 22.9 Å². The van der Waals surface area contributed by atoms with Crippen LogP contribution in [0, 0.1) is 6.92 Å². The largest absolute Gasteiger partial charge is 0.494 e. The second-order valence-corrected chi connectivity index (χ2v) is 5.68. The fraction of sp³-hybridized carbons (Fsp3) is 0.250. The molecule has 27 heavy (non-hydrogen) atoms. The molecule has 7 heteroatoms. The van der Waals surface area contributed by atoms with Crippen molar-refractivity contribution in [3.05, 3.63) is 60.0 Å². The van der Waals surface area contributed by atoms with Crippen LogP contribution in [-0.2, 0) is 16.1 Å². The summed E-state index contributed by atoms with van der Waals surface area (Å²) in [6.45, 7) is 4.14. The number of ether oxygens (including phenoxy) is 3. The number of carbonyl (C=O) groups is 1. The molecule has 0 saturated heterocycles. The third-order valence-corrected chi connectivity index (χ3v) is 3.70. The number of aryl methyl sites for hydroxylation is 1. The minimum atomic E-state index is -0.528. The first-order chi connectivity index (χ1) is 13.2. The van der Waals surface area contributed by atoms with Crippen molar-refractivity contribution < 1.29 is 23.5 Å². The van der Waals surface area contributed by atoms with Gasteiger partial charge in [-0.15, -0.1) is 0 Å². The second-order valence-electron chi connectivity index (χ2n) is 5.68. The summed E-state index contributed by atoms with van der Waals surface area (Å²) in [5.41, 5.74) is 1.91. The van der Waals surface area contributed by atoms with E-state index in [4.69, 9.17) is 18.7 Å². The van der Waals surface area contributed by atoms with Gasteiger partial charge in [0.2, 0.25) is 5.82 Å². The van der Waals surface area contributed by atoms with Gasteiger partial charge in [0.1, 0.15) is 11.5 Å². The fourth-order valence-corrected chi connectivity index (χ4v) is 2.37. The van der Waals surface area contributed by atoms with Gasteiger partial charge in [-0.1, -0.05) is 29.4 Å². The number of hydrogen-bond acceptors (Lipinski definition) is 7. The third kappa shape index (κ3) is 5.07. The number of nitrogens with zero attached hydrogens (tertiary/aromatic N) is 2. The van der Waals surface area contributed by atoms with Crippen LogP contribution in [0.25, 0.3) is 11.4 Å². The molecule has 1 heterocycles. The number of carbonyl (C=O) groups excluding carboxylic acids is 1. The van der Waals surface area contributed by atoms with E-state index in [1.807, 2.05) is 38.1 Å². The van der Waals surface area contributed by atoms with Crippen LogP contribution in [0.1, 0.15) is 18.4 Å². The summed E-state index contributed by atoms with van der Waals surface area (Å²) >= 11 is 0. The summed E-state index contributed by atoms with van der Waals surface area (Å²) in [6, 6.07) is 14.7. The van der Waals surface area contributed by atoms with E-state index in [1.54, 1.807) is 24.3 Å². The number of esters is 1. The molecule has 0 aliphatic rings. The number of rotatable bonds is 8. The highest BCUT2D eigenvalue weighted by atomic mass is 16.6. The summed E-state index contributed by atoms with van der Waals surface area (Å²) < 4.78 is 21.0. The first kappa shape index (κ1) is 18.4. The zero-order chi connectivity index (χ0) is 19.1. The summed E-state index contributed by atoms with van der Waals surface area (Å²) in [7, 11) is 0. The van der Waals surface area contributed by atoms with Gasteiger partial charge >= 0.3 is 5.97 Å². The molecule has 0 fully saturated rings. The molecule has 0 radical (unpaired) electrons. The minimum absolute atomic E-state index is 0.107. The molecule has 0 amide bonds. The zero-order valence-corrected chi connectivity index (χ0v) is 15.2. The second kappa shape index (κ2) is 8.84. The van der Waals surface area contributed by atoms with Crippen LogP contribution in [0.3, 0.4) is 0 Å². The third-order valence-electron chi connectivity index (χ3n) is 3.70. The highest BCUT2D eigenvalue weighted by molar-refractivity contribution is 5.71. The molecule has 0 aliphatic carbocycles. The molecule has 0 unspecified atom stereocenters. The molecule has 3 aromatic rings. The molecule has 0 N–H and O–H groups in total. The van der Waals surface area contributed by atoms with Crippen LogP contribution in [0.4, 0.5) is 0 Å². The van der Waals surface area contributed by atoms with Crippen LogP contribution in [0.5, 0.6) is 11.5 Å². The Morgan fingerprint density at radius 2 is 1.74 bits per heavy atom. The normalized spacial score (nSPS) is 10.4. The molecule has 140 valence electrons. The van der Waals surface area contributed by atoms with Crippen molar-refractivity contribution in [1.29, 1.82) is 0 Å². The van der Waals surface area contributed by atoms with Gasteiger partial charge in [-0.25, -0.2) is 4.79 Å². The first-order valence-corrected chi connectivity index (χ1v) is 8.55. The number of benzene rings is 2. The average molecular weight is 368 g/mol. The van der Waals surface area contributed by atoms with Gasteiger partial charge in [0.25, 0.3) is 5.89 Å². The van der Waals surface area contributed by atoms with Crippen LogP contribution in [-0.4, -0.2) is 29.3 Å². The minimum Gasteiger partial charge on any atom is -0.494 e. The van der Waals surface area contributed by atoms with E-state index in [1.165, 1.54) is 0 Å². The van der Waals surface area contributed by atoms with Crippen LogP contribution < -0.4 is 9.47 Å². The summed E-state index contributed by atoms with van der Waals surface area (Å²) in [5, 5.41) is 3.92. The van der Waals surface area contributed by atoms with Gasteiger partial charge in [0.05, 0.1) is 6.61 Å². The quantitative estimate of drug-likeness (QED) is 0.562. The van der Waals surface area contributed by atoms with E-state index in [0.717, 1.165) is 16.9 Å². The molecule has 2 aromatic carbocycles. The Balaban J connectivity index is 1.47. The van der Waals surface area contributed by atoms with E-state index in [-0.39, 0.29) is 19.1 Å². The Morgan fingerprint density at radius 3 is 2.44 bits per heavy atom. The van der Waals surface area contributed by atoms with Gasteiger partial charge in [-0.2, -0.15) is 4.98 Å². The number of aromatic nitrogens is 2. The standard InChI is InChI=1S/C20H20N2O5/c1-3-24-15-8-10-16(11-9-15)25-13-19(23)26-12-18-21-20(22-27-18)17-7-5-4-6-14(17)2/h4-11H,3,12-13H2,1-2H3. The topological polar surface area (TPSA) is 83.7 Å². The predicted molar refractivity (Wildman–Crippen MR) is 97.4 cm³/mol. The maximum atomic E-state index is 11.8. The van der Waals surface area contributed by atoms with Crippen molar-refractivity contribution >= 4 is 5.97 Å². The van der Waals surface area contributed by atoms with Crippen molar-refractivity contribution in [2.45, 2.75) is 20.5 Å². The maximum absolute atomic E-state index is 11.8. The molecule has 1 aromatic heterocycles. The van der Waals surface area contributed by atoms with Gasteiger partial charge in [0.15, 0.2) is 13.2 Å². The molecular weight excluding hydrogens is 348 g/mol. The zero-order valence-electron chi connectivity index (χ0n) is 15.2. The smallest absolute Gasteiger partial charge is 0.344 e. The van der Waals surface area contributed by atoms with Crippen molar-refractivity contribution in [2.24, 2.45) is 0 Å². The average Bonchev–Trinajstić information content (AvgIpc) is 3.15. The van der Waals surface area contributed by atoms with Gasteiger partial charge in [-0.05, 0) is 43.7 Å². The fourth-order valence-electron chi connectivity index (χ4n) is 2.37. The SMILES string of the molecule is CCOc1ccc(OCC(=O)OCc2nc(-c3ccccc3C)no2)cc1. The molecule has 7 nitrogen and oxygen atoms in total. The lowest BCUT2D eigenvalue weighted by Gasteiger charge is -2.07. The lowest BCUT2D eigenvalue weighted by Crippen LogP contribution is -2.14. The van der Waals surface area contributed by atoms with E-state index < -0.39 is 5.97 Å². The molecule has 0 bridgehead atoms. The molecule has 3 rings (SSSR count). The lowest BCUT2D eigenvalue weighted by molar-refractivity contribution is -0.148. The molecule has 0 spiro atoms. The maximum Gasteiger partial charge on any atom is 0.344 e. The van der Waals surface area contributed by atoms with Crippen molar-refractivity contribution in [2.75, 3.05) is 13.2 Å². The number of hydrogen-bond donors (Lipinski definition) is 0. The van der Waals surface area contributed by atoms with Crippen LogP contribution in [0.2, 0.25) is 0 Å². The molecule has 0 saturated carbocycles. The first-order valence-electron chi connectivity index (χ1n) is 8.55. The van der Waals surface area contributed by atoms with E-state index >= 15 is 0 Å². The van der Waals surface area contributed by atoms with Crippen molar-refractivity contribution in [3.63, 3.8) is 0 Å². The van der Waals surface area contributed by atoms with E-state index in [0.29, 0.717) is 18.2 Å². The Bertz CT molecular complexity index is 889. The van der Waals surface area contributed by atoms with E-state index in [2.05, 4.69) is 10.1 Å². The Hall–Kier alpha value is -3.35. The van der Waals surface area contributed by atoms with Crippen LogP contribution in [0.15, 0.2) is 53.1 Å². The highest BCUT2D eigenvalue weighted by Crippen LogP contribution is 2.20. The molecule has 0 aliphatic heterocycles. The summed E-state index contributed by atoms with van der Waals surface area (Å²) in [5.74, 6) is 1.45. The molecular formula is C20H20N2O5. The Kier molecular flexibility index (Phi) is 6.04. The van der Waals surface area contributed by atoms with Gasteiger partial charge in [-0.3, -0.25) is 0 Å². The van der Waals surface area contributed by atoms with Crippen LogP contribution >= 0.6 is 0 Å². The Labute approximate surface area is 156 Å². The van der Waals surface area contributed by atoms with Gasteiger partial charge < -0.3 is 18.7 Å². The van der Waals surface area contributed by atoms with Crippen molar-refractivity contribution in [1.82, 2.24) is 10.1 Å². The Morgan fingerprint density at radius 1 is 1.04 bits per heavy atom. The summed E-state index contributed by atoms with van der Waals surface area (Å²) in [4.78, 5) is 16.1. The summed E-state index contributed by atoms with van der Waals surface area (Å²) in [6.07, 6.45) is 0. The highest BCUT2D eigenvalue weighted by Gasteiger charge is 2.13. The predicted octanol–water partition coefficient (Wildman–Crippen LogP) is 3.57. The lowest BCUT2D eigenvalue weighted by atomic mass is 10.1. The van der Waals surface area contributed by atoms with Gasteiger partial charge in [0, 0.05) is 5.56 Å². The monoisotopic (exact) mass is 368 g/mol. The molecule has 0 atom stereocenters.